The molecule has 9 heteroatoms. The van der Waals surface area contributed by atoms with Crippen LogP contribution < -0.4 is 15.4 Å². The summed E-state index contributed by atoms with van der Waals surface area (Å²) in [7, 11) is 0. The standard InChI is InChI=1S/C21H25ClFN3O4/c1-13(25-21(28)12-29-16-7-8-18(22)19(23)11-16)6-9-20(27)24-10-4-5-17-14(2)26-30-15(17)3/h7-8,11H,1,4-6,9-10,12H2,2-3H3,(H,24,27)(H,25,28). The van der Waals surface area contributed by atoms with E-state index in [-0.39, 0.29) is 29.7 Å². The van der Waals surface area contributed by atoms with Crippen LogP contribution in [0.4, 0.5) is 4.39 Å². The molecule has 2 rings (SSSR count). The first-order valence-corrected chi connectivity index (χ1v) is 9.88. The Morgan fingerprint density at radius 2 is 2.03 bits per heavy atom. The van der Waals surface area contributed by atoms with E-state index in [1.807, 2.05) is 13.8 Å². The number of ether oxygens (including phenoxy) is 1. The summed E-state index contributed by atoms with van der Waals surface area (Å²) in [6, 6.07) is 3.90. The number of hydrogen-bond acceptors (Lipinski definition) is 5. The summed E-state index contributed by atoms with van der Waals surface area (Å²) < 4.78 is 23.6. The van der Waals surface area contributed by atoms with Gasteiger partial charge in [-0.25, -0.2) is 4.39 Å². The lowest BCUT2D eigenvalue weighted by Crippen LogP contribution is -2.29. The molecule has 0 aliphatic carbocycles. The molecule has 0 saturated carbocycles. The number of nitrogens with one attached hydrogen (secondary N) is 2. The third-order valence-corrected chi connectivity index (χ3v) is 4.64. The van der Waals surface area contributed by atoms with Crippen molar-refractivity contribution in [2.24, 2.45) is 0 Å². The van der Waals surface area contributed by atoms with E-state index >= 15 is 0 Å². The molecule has 0 spiro atoms. The van der Waals surface area contributed by atoms with Crippen molar-refractivity contribution < 1.29 is 23.2 Å². The molecule has 0 saturated heterocycles. The summed E-state index contributed by atoms with van der Waals surface area (Å²) in [5.41, 5.74) is 2.34. The Labute approximate surface area is 179 Å². The van der Waals surface area contributed by atoms with Gasteiger partial charge in [0.1, 0.15) is 17.3 Å². The fraction of sp³-hybridized carbons (Fsp3) is 0.381. The number of aromatic nitrogens is 1. The van der Waals surface area contributed by atoms with E-state index in [1.54, 1.807) is 0 Å². The number of hydrogen-bond donors (Lipinski definition) is 2. The number of carbonyl (C=O) groups is 2. The zero-order chi connectivity index (χ0) is 22.1. The third kappa shape index (κ3) is 7.51. The topological polar surface area (TPSA) is 93.5 Å². The Kier molecular flexibility index (Phi) is 8.86. The molecule has 0 aliphatic heterocycles. The molecule has 162 valence electrons. The summed E-state index contributed by atoms with van der Waals surface area (Å²) in [6.45, 7) is 7.72. The van der Waals surface area contributed by atoms with Crippen molar-refractivity contribution in [1.82, 2.24) is 15.8 Å². The molecule has 0 unspecified atom stereocenters. The average molecular weight is 438 g/mol. The van der Waals surface area contributed by atoms with E-state index < -0.39 is 11.7 Å². The Hall–Kier alpha value is -2.87. The largest absolute Gasteiger partial charge is 0.484 e. The van der Waals surface area contributed by atoms with E-state index in [4.69, 9.17) is 20.9 Å². The Balaban J connectivity index is 1.59. The molecule has 1 heterocycles. The minimum Gasteiger partial charge on any atom is -0.484 e. The van der Waals surface area contributed by atoms with Gasteiger partial charge in [0, 0.05) is 30.3 Å². The molecule has 0 radical (unpaired) electrons. The van der Waals surface area contributed by atoms with Crippen molar-refractivity contribution >= 4 is 23.4 Å². The molecule has 2 N–H and O–H groups in total. The van der Waals surface area contributed by atoms with Crippen molar-refractivity contribution in [3.05, 3.63) is 58.3 Å². The molecule has 30 heavy (non-hydrogen) atoms. The number of amides is 2. The number of aryl methyl sites for hydroxylation is 2. The maximum Gasteiger partial charge on any atom is 0.262 e. The molecule has 1 aromatic heterocycles. The van der Waals surface area contributed by atoms with Crippen molar-refractivity contribution in [1.29, 1.82) is 0 Å². The fourth-order valence-electron chi connectivity index (χ4n) is 2.72. The number of halogens is 2. The number of benzene rings is 1. The maximum atomic E-state index is 13.3. The van der Waals surface area contributed by atoms with Gasteiger partial charge in [-0.3, -0.25) is 9.59 Å². The van der Waals surface area contributed by atoms with E-state index in [9.17, 15) is 14.0 Å². The highest BCUT2D eigenvalue weighted by Crippen LogP contribution is 2.20. The molecule has 0 fully saturated rings. The van der Waals surface area contributed by atoms with Gasteiger partial charge in [0.15, 0.2) is 6.61 Å². The second-order valence-corrected chi connectivity index (χ2v) is 7.18. The van der Waals surface area contributed by atoms with Crippen LogP contribution in [-0.4, -0.2) is 30.1 Å². The van der Waals surface area contributed by atoms with Crippen LogP contribution in [0.3, 0.4) is 0 Å². The monoisotopic (exact) mass is 437 g/mol. The van der Waals surface area contributed by atoms with Gasteiger partial charge >= 0.3 is 0 Å². The lowest BCUT2D eigenvalue weighted by atomic mass is 10.1. The van der Waals surface area contributed by atoms with Crippen LogP contribution in [0.15, 0.2) is 35.0 Å². The molecule has 0 bridgehead atoms. The van der Waals surface area contributed by atoms with Gasteiger partial charge in [-0.15, -0.1) is 0 Å². The Bertz CT molecular complexity index is 894. The predicted molar refractivity (Wildman–Crippen MR) is 111 cm³/mol. The minimum absolute atomic E-state index is 0.0258. The highest BCUT2D eigenvalue weighted by Gasteiger charge is 2.10. The van der Waals surface area contributed by atoms with Crippen LogP contribution in [0.5, 0.6) is 5.75 Å². The molecule has 1 aromatic carbocycles. The van der Waals surface area contributed by atoms with E-state index in [0.29, 0.717) is 18.7 Å². The smallest absolute Gasteiger partial charge is 0.262 e. The summed E-state index contributed by atoms with van der Waals surface area (Å²) in [6.07, 6.45) is 2.06. The first kappa shape index (κ1) is 23.4. The number of carbonyl (C=O) groups excluding carboxylic acids is 2. The van der Waals surface area contributed by atoms with Crippen LogP contribution in [0.2, 0.25) is 5.02 Å². The first-order valence-electron chi connectivity index (χ1n) is 9.50. The Morgan fingerprint density at radius 1 is 1.27 bits per heavy atom. The van der Waals surface area contributed by atoms with Gasteiger partial charge in [0.05, 0.1) is 10.7 Å². The summed E-state index contributed by atoms with van der Waals surface area (Å²) in [5.74, 6) is -0.214. The quantitative estimate of drug-likeness (QED) is 0.524. The lowest BCUT2D eigenvalue weighted by Gasteiger charge is -2.10. The van der Waals surface area contributed by atoms with Crippen LogP contribution >= 0.6 is 11.6 Å². The van der Waals surface area contributed by atoms with Gasteiger partial charge in [-0.2, -0.15) is 0 Å². The fourth-order valence-corrected chi connectivity index (χ4v) is 2.83. The minimum atomic E-state index is -0.628. The van der Waals surface area contributed by atoms with E-state index in [0.717, 1.165) is 35.9 Å². The highest BCUT2D eigenvalue weighted by molar-refractivity contribution is 6.30. The highest BCUT2D eigenvalue weighted by atomic mass is 35.5. The van der Waals surface area contributed by atoms with Gasteiger partial charge in [-0.1, -0.05) is 23.3 Å². The molecule has 0 aliphatic rings. The van der Waals surface area contributed by atoms with Gasteiger partial charge < -0.3 is 19.9 Å². The summed E-state index contributed by atoms with van der Waals surface area (Å²) in [5, 5.41) is 9.27. The van der Waals surface area contributed by atoms with Crippen LogP contribution in [0.25, 0.3) is 0 Å². The zero-order valence-corrected chi connectivity index (χ0v) is 17.8. The van der Waals surface area contributed by atoms with Gasteiger partial charge in [-0.05, 0) is 45.2 Å². The van der Waals surface area contributed by atoms with Crippen LogP contribution in [0, 0.1) is 19.7 Å². The SMILES string of the molecule is C=C(CCC(=O)NCCCc1c(C)noc1C)NC(=O)COc1ccc(Cl)c(F)c1. The number of nitrogens with zero attached hydrogens (tertiary/aromatic N) is 1. The summed E-state index contributed by atoms with van der Waals surface area (Å²) >= 11 is 5.59. The second kappa shape index (κ2) is 11.3. The predicted octanol–water partition coefficient (Wildman–Crippen LogP) is 3.62. The molecular formula is C21H25ClFN3O4. The van der Waals surface area contributed by atoms with Crippen molar-refractivity contribution in [2.75, 3.05) is 13.2 Å². The van der Waals surface area contributed by atoms with E-state index in [2.05, 4.69) is 22.4 Å². The van der Waals surface area contributed by atoms with Crippen molar-refractivity contribution in [3.63, 3.8) is 0 Å². The normalized spacial score (nSPS) is 10.5. The molecule has 7 nitrogen and oxygen atoms in total. The molecule has 0 atom stereocenters. The number of rotatable bonds is 11. The van der Waals surface area contributed by atoms with Gasteiger partial charge in [0.25, 0.3) is 5.91 Å². The van der Waals surface area contributed by atoms with E-state index in [1.165, 1.54) is 12.1 Å². The molecule has 2 amide bonds. The van der Waals surface area contributed by atoms with Crippen molar-refractivity contribution in [2.45, 2.75) is 39.5 Å². The second-order valence-electron chi connectivity index (χ2n) is 6.77. The zero-order valence-electron chi connectivity index (χ0n) is 17.0. The van der Waals surface area contributed by atoms with Crippen LogP contribution in [-0.2, 0) is 16.0 Å². The van der Waals surface area contributed by atoms with Crippen molar-refractivity contribution in [3.8, 4) is 5.75 Å². The van der Waals surface area contributed by atoms with Crippen LogP contribution in [0.1, 0.15) is 36.3 Å². The third-order valence-electron chi connectivity index (χ3n) is 4.34. The van der Waals surface area contributed by atoms with Gasteiger partial charge in [0.2, 0.25) is 5.91 Å². The lowest BCUT2D eigenvalue weighted by molar-refractivity contribution is -0.123. The maximum absolute atomic E-state index is 13.3. The summed E-state index contributed by atoms with van der Waals surface area (Å²) in [4.78, 5) is 23.8. The average Bonchev–Trinajstić information content (AvgIpc) is 3.02. The number of allylic oxidation sites excluding steroid dienone is 1. The molecule has 2 aromatic rings. The Morgan fingerprint density at radius 3 is 2.70 bits per heavy atom. The molecular weight excluding hydrogens is 413 g/mol. The first-order chi connectivity index (χ1) is 14.3.